The Hall–Kier alpha value is -1.78. The highest BCUT2D eigenvalue weighted by molar-refractivity contribution is 9.10. The van der Waals surface area contributed by atoms with Crippen molar-refractivity contribution in [2.24, 2.45) is 0 Å². The second-order valence-electron chi connectivity index (χ2n) is 4.31. The van der Waals surface area contributed by atoms with Crippen LogP contribution in [0.15, 0.2) is 59.2 Å². The van der Waals surface area contributed by atoms with Gasteiger partial charge in [-0.1, -0.05) is 57.9 Å². The summed E-state index contributed by atoms with van der Waals surface area (Å²) in [5, 5.41) is 6.09. The van der Waals surface area contributed by atoms with Gasteiger partial charge in [0, 0.05) is 22.2 Å². The van der Waals surface area contributed by atoms with Gasteiger partial charge in [-0.3, -0.25) is 0 Å². The van der Waals surface area contributed by atoms with Crippen molar-refractivity contribution in [3.63, 3.8) is 0 Å². The molecule has 0 spiro atoms. The molecule has 0 unspecified atom stereocenters. The van der Waals surface area contributed by atoms with Crippen molar-refractivity contribution in [1.82, 2.24) is 10.6 Å². The number of nitrogens with one attached hydrogen (secondary N) is 2. The van der Waals surface area contributed by atoms with Crippen LogP contribution in [0, 0.1) is 0 Å². The van der Waals surface area contributed by atoms with E-state index in [4.69, 9.17) is 11.6 Å². The van der Waals surface area contributed by atoms with Gasteiger partial charge in [-0.2, -0.15) is 0 Å². The molecule has 0 saturated heterocycles. The summed E-state index contributed by atoms with van der Waals surface area (Å²) in [4.78, 5) is 11.7. The Morgan fingerprint density at radius 1 is 1.19 bits per heavy atom. The topological polar surface area (TPSA) is 41.1 Å². The molecule has 0 radical (unpaired) electrons. The lowest BCUT2D eigenvalue weighted by molar-refractivity contribution is 0.244. The fraction of sp³-hybridized carbons (Fsp3) is 0.0625. The van der Waals surface area contributed by atoms with Crippen molar-refractivity contribution in [2.45, 2.75) is 6.54 Å². The fourth-order valence-corrected chi connectivity index (χ4v) is 2.32. The molecule has 0 saturated carbocycles. The number of amides is 2. The van der Waals surface area contributed by atoms with E-state index in [2.05, 4.69) is 26.6 Å². The van der Waals surface area contributed by atoms with Crippen LogP contribution in [0.25, 0.3) is 6.08 Å². The number of benzene rings is 2. The summed E-state index contributed by atoms with van der Waals surface area (Å²) in [5.41, 5.74) is 1.94. The quantitative estimate of drug-likeness (QED) is 0.818. The zero-order valence-corrected chi connectivity index (χ0v) is 13.5. The fourth-order valence-electron chi connectivity index (χ4n) is 1.69. The van der Waals surface area contributed by atoms with Crippen LogP contribution in [0.4, 0.5) is 4.79 Å². The third-order valence-corrected chi connectivity index (χ3v) is 3.74. The van der Waals surface area contributed by atoms with Crippen molar-refractivity contribution in [2.75, 3.05) is 0 Å². The molecule has 2 N–H and O–H groups in total. The predicted molar refractivity (Wildman–Crippen MR) is 90.0 cm³/mol. The number of carbonyl (C=O) groups excluding carboxylic acids is 1. The minimum absolute atomic E-state index is 0.260. The van der Waals surface area contributed by atoms with Crippen LogP contribution in [0.3, 0.4) is 0 Å². The Bertz CT molecular complexity index is 658. The van der Waals surface area contributed by atoms with Crippen molar-refractivity contribution in [1.29, 1.82) is 0 Å². The summed E-state index contributed by atoms with van der Waals surface area (Å²) < 4.78 is 0.972. The summed E-state index contributed by atoms with van der Waals surface area (Å²) in [6, 6.07) is 14.9. The maximum Gasteiger partial charge on any atom is 0.319 e. The first-order valence-corrected chi connectivity index (χ1v) is 7.52. The molecule has 2 amide bonds. The van der Waals surface area contributed by atoms with E-state index in [1.807, 2.05) is 42.5 Å². The van der Waals surface area contributed by atoms with Crippen molar-refractivity contribution in [3.8, 4) is 0 Å². The average Bonchev–Trinajstić information content (AvgIpc) is 2.46. The van der Waals surface area contributed by atoms with Gasteiger partial charge in [-0.05, 0) is 35.4 Å². The van der Waals surface area contributed by atoms with Crippen LogP contribution in [0.1, 0.15) is 11.1 Å². The summed E-state index contributed by atoms with van der Waals surface area (Å²) in [5.74, 6) is 0. The van der Waals surface area contributed by atoms with Crippen LogP contribution in [-0.2, 0) is 6.54 Å². The van der Waals surface area contributed by atoms with Crippen molar-refractivity contribution in [3.05, 3.63) is 75.4 Å². The molecule has 0 bridgehead atoms. The van der Waals surface area contributed by atoms with E-state index in [1.165, 1.54) is 0 Å². The van der Waals surface area contributed by atoms with Crippen LogP contribution in [0.5, 0.6) is 0 Å². The van der Waals surface area contributed by atoms with Gasteiger partial charge < -0.3 is 10.6 Å². The third kappa shape index (κ3) is 5.25. The maximum absolute atomic E-state index is 11.7. The minimum Gasteiger partial charge on any atom is -0.334 e. The molecule has 3 nitrogen and oxygen atoms in total. The van der Waals surface area contributed by atoms with Crippen molar-refractivity contribution < 1.29 is 4.79 Å². The summed E-state index contributed by atoms with van der Waals surface area (Å²) in [7, 11) is 0. The van der Waals surface area contributed by atoms with Crippen LogP contribution in [0.2, 0.25) is 5.02 Å². The number of carbonyl (C=O) groups is 1. The molecule has 0 aliphatic rings. The highest BCUT2D eigenvalue weighted by Crippen LogP contribution is 2.15. The molecule has 2 aromatic rings. The Morgan fingerprint density at radius 3 is 2.76 bits per heavy atom. The van der Waals surface area contributed by atoms with Gasteiger partial charge in [0.25, 0.3) is 0 Å². The molecule has 0 aliphatic heterocycles. The zero-order chi connectivity index (χ0) is 15.1. The van der Waals surface area contributed by atoms with Gasteiger partial charge in [0.1, 0.15) is 0 Å². The Balaban J connectivity index is 1.81. The molecule has 0 aromatic heterocycles. The first-order chi connectivity index (χ1) is 10.1. The molecule has 2 aromatic carbocycles. The first kappa shape index (κ1) is 15.6. The van der Waals surface area contributed by atoms with Crippen LogP contribution in [-0.4, -0.2) is 6.03 Å². The minimum atomic E-state index is -0.260. The van der Waals surface area contributed by atoms with Gasteiger partial charge >= 0.3 is 6.03 Å². The second kappa shape index (κ2) is 7.86. The maximum atomic E-state index is 11.7. The molecular weight excluding hydrogens is 352 g/mol. The lowest BCUT2D eigenvalue weighted by Crippen LogP contribution is -2.31. The molecular formula is C16H14BrClN2O. The summed E-state index contributed by atoms with van der Waals surface area (Å²) in [6.45, 7) is 0.457. The Labute approximate surface area is 137 Å². The summed E-state index contributed by atoms with van der Waals surface area (Å²) in [6.07, 6.45) is 3.37. The molecule has 0 fully saturated rings. The number of urea groups is 1. The van der Waals surface area contributed by atoms with Gasteiger partial charge in [0.2, 0.25) is 0 Å². The van der Waals surface area contributed by atoms with Crippen LogP contribution >= 0.6 is 27.5 Å². The standard InChI is InChI=1S/C16H14BrClN2O/c17-15-7-2-1-5-13(15)11-20-16(21)19-9-8-12-4-3-6-14(18)10-12/h1-10H,11H2,(H2,19,20,21)/b9-8+. The Morgan fingerprint density at radius 2 is 2.00 bits per heavy atom. The SMILES string of the molecule is O=C(N/C=C/c1cccc(Cl)c1)NCc1ccccc1Br. The highest BCUT2D eigenvalue weighted by atomic mass is 79.9. The van der Waals surface area contributed by atoms with Crippen molar-refractivity contribution >= 4 is 39.6 Å². The lowest BCUT2D eigenvalue weighted by Gasteiger charge is -2.06. The van der Waals surface area contributed by atoms with Gasteiger partial charge in [0.15, 0.2) is 0 Å². The molecule has 0 heterocycles. The second-order valence-corrected chi connectivity index (χ2v) is 5.60. The van der Waals surface area contributed by atoms with Gasteiger partial charge in [-0.15, -0.1) is 0 Å². The van der Waals surface area contributed by atoms with E-state index in [0.29, 0.717) is 11.6 Å². The number of hydrogen-bond acceptors (Lipinski definition) is 1. The number of rotatable bonds is 4. The lowest BCUT2D eigenvalue weighted by atomic mass is 10.2. The summed E-state index contributed by atoms with van der Waals surface area (Å²) >= 11 is 9.32. The molecule has 21 heavy (non-hydrogen) atoms. The van der Waals surface area contributed by atoms with Gasteiger partial charge in [-0.25, -0.2) is 4.79 Å². The van der Waals surface area contributed by atoms with E-state index < -0.39 is 0 Å². The van der Waals surface area contributed by atoms with E-state index in [9.17, 15) is 4.79 Å². The van der Waals surface area contributed by atoms with E-state index >= 15 is 0 Å². The zero-order valence-electron chi connectivity index (χ0n) is 11.1. The molecule has 5 heteroatoms. The smallest absolute Gasteiger partial charge is 0.319 e. The highest BCUT2D eigenvalue weighted by Gasteiger charge is 2.01. The van der Waals surface area contributed by atoms with E-state index in [-0.39, 0.29) is 6.03 Å². The third-order valence-electron chi connectivity index (χ3n) is 2.74. The normalized spacial score (nSPS) is 10.6. The van der Waals surface area contributed by atoms with Gasteiger partial charge in [0.05, 0.1) is 0 Å². The molecule has 0 atom stereocenters. The predicted octanol–water partition coefficient (Wildman–Crippen LogP) is 4.57. The largest absolute Gasteiger partial charge is 0.334 e. The van der Waals surface area contributed by atoms with Crippen LogP contribution < -0.4 is 10.6 Å². The Kier molecular flexibility index (Phi) is 5.84. The van der Waals surface area contributed by atoms with E-state index in [1.54, 1.807) is 18.3 Å². The molecule has 2 rings (SSSR count). The number of halogens is 2. The first-order valence-electron chi connectivity index (χ1n) is 6.35. The van der Waals surface area contributed by atoms with E-state index in [0.717, 1.165) is 15.6 Å². The number of hydrogen-bond donors (Lipinski definition) is 2. The monoisotopic (exact) mass is 364 g/mol. The molecule has 108 valence electrons. The molecule has 0 aliphatic carbocycles. The average molecular weight is 366 g/mol.